The molecule has 0 spiro atoms. The molecule has 4 nitrogen and oxygen atoms in total. The molecule has 0 aliphatic rings. The quantitative estimate of drug-likeness (QED) is 0.342. The van der Waals surface area contributed by atoms with Crippen LogP contribution in [0.2, 0.25) is 0 Å². The van der Waals surface area contributed by atoms with Crippen LogP contribution in [-0.2, 0) is 4.57 Å². The van der Waals surface area contributed by atoms with Gasteiger partial charge >= 0.3 is 154 Å². The van der Waals surface area contributed by atoms with Crippen LogP contribution in [0.1, 0.15) is 0 Å². The zero-order chi connectivity index (χ0) is 4.50. The number of hydrogen-bond acceptors (Lipinski definition) is 2. The standard InChI is InChI=1S/2ClH.3K.H3O4P/c;;;;;1-5(2,3)4/h2*1H;;;;(H3,1,2,3,4)/q;;3*+1;/p-3. The first-order valence-corrected chi connectivity index (χ1v) is 2.30. The fourth-order valence-electron chi connectivity index (χ4n) is 0. The molecule has 0 aromatic heterocycles. The molecule has 0 radical (unpaired) electrons. The van der Waals surface area contributed by atoms with Gasteiger partial charge in [-0.05, 0) is 0 Å². The van der Waals surface area contributed by atoms with E-state index in [4.69, 9.17) is 19.2 Å². The number of halogens is 2. The Kier molecular flexibility index (Phi) is 72.4. The minimum absolute atomic E-state index is 0. The molecule has 0 aliphatic heterocycles. The van der Waals surface area contributed by atoms with Crippen LogP contribution >= 0.6 is 7.82 Å². The Morgan fingerprint density at radius 2 is 1.00 bits per heavy atom. The molecule has 0 saturated heterocycles. The van der Waals surface area contributed by atoms with Crippen LogP contribution in [0, 0.1) is 0 Å². The van der Waals surface area contributed by atoms with Crippen LogP contribution in [0.25, 0.3) is 0 Å². The van der Waals surface area contributed by atoms with Crippen molar-refractivity contribution in [1.82, 2.24) is 0 Å². The predicted molar refractivity (Wildman–Crippen MR) is 12.0 cm³/mol. The summed E-state index contributed by atoms with van der Waals surface area (Å²) < 4.78 is 8.77. The third-order valence-corrected chi connectivity index (χ3v) is 0. The summed E-state index contributed by atoms with van der Waals surface area (Å²) >= 11 is 0. The summed E-state index contributed by atoms with van der Waals surface area (Å²) in [4.78, 5) is 22.9. The van der Waals surface area contributed by atoms with Gasteiger partial charge in [-0.3, -0.25) is 4.57 Å². The van der Waals surface area contributed by atoms with Gasteiger partial charge in [0.2, 0.25) is 0 Å². The van der Waals surface area contributed by atoms with Gasteiger partial charge in [-0.1, -0.05) is 0 Å². The summed E-state index contributed by atoms with van der Waals surface area (Å²) in [5.74, 6) is 0. The topological polar surface area (TPSA) is 80.6 Å². The fourth-order valence-corrected chi connectivity index (χ4v) is 0. The first kappa shape index (κ1) is 36.1. The van der Waals surface area contributed by atoms with Gasteiger partial charge in [0.25, 0.3) is 7.82 Å². The Morgan fingerprint density at radius 1 is 1.00 bits per heavy atom. The fraction of sp³-hybridized carbons (Fsp3) is 0. The van der Waals surface area contributed by atoms with Crippen molar-refractivity contribution in [2.45, 2.75) is 0 Å². The Labute approximate surface area is 199 Å². The van der Waals surface area contributed by atoms with Crippen molar-refractivity contribution < 1.29 is 198 Å². The van der Waals surface area contributed by atoms with Gasteiger partial charge in [0.05, 0.1) is 0 Å². The molecule has 0 aromatic carbocycles. The summed E-state index contributed by atoms with van der Waals surface area (Å²) in [6, 6.07) is 0. The van der Waals surface area contributed by atoms with E-state index in [1.165, 1.54) is 0 Å². The second-order valence-corrected chi connectivity index (χ2v) is 1.47. The molecule has 0 aromatic rings. The summed E-state index contributed by atoms with van der Waals surface area (Å²) in [5, 5.41) is 0. The molecule has 10 heavy (non-hydrogen) atoms. The molecule has 0 unspecified atom stereocenters. The first-order chi connectivity index (χ1) is 2.00. The zero-order valence-corrected chi connectivity index (χ0v) is 17.7. The second kappa shape index (κ2) is 20.1. The van der Waals surface area contributed by atoms with Crippen molar-refractivity contribution in [3.05, 3.63) is 0 Å². The first-order valence-electron chi connectivity index (χ1n) is 0.765. The molecule has 2 N–H and O–H groups in total. The monoisotopic (exact) mass is 284 g/mol. The van der Waals surface area contributed by atoms with Crippen LogP contribution in [0.4, 0.5) is 0 Å². The van der Waals surface area contributed by atoms with Crippen molar-refractivity contribution in [2.75, 3.05) is 0 Å². The summed E-state index contributed by atoms with van der Waals surface area (Å²) in [7, 11) is -4.89. The molecule has 0 amide bonds. The summed E-state index contributed by atoms with van der Waals surface area (Å²) in [6.07, 6.45) is 0. The molecule has 0 fully saturated rings. The number of phosphoric acid groups is 1. The molecule has 0 rings (SSSR count). The van der Waals surface area contributed by atoms with E-state index in [0.717, 1.165) is 0 Å². The van der Waals surface area contributed by atoms with Crippen LogP contribution in [-0.4, -0.2) is 9.79 Å². The summed E-state index contributed by atoms with van der Waals surface area (Å²) in [5.41, 5.74) is 0. The second-order valence-electron chi connectivity index (χ2n) is 0.491. The SMILES string of the molecule is O=P([O-])(O)O.[Cl-].[Cl-].[K+].[K+].[K+]. The van der Waals surface area contributed by atoms with E-state index in [-0.39, 0.29) is 179 Å². The van der Waals surface area contributed by atoms with Gasteiger partial charge in [0.15, 0.2) is 0 Å². The Balaban J connectivity index is -0.00000000800. The molecule has 0 saturated carbocycles. The molecular formula is H2Cl2K3O4P. The smallest absolute Gasteiger partial charge is 1.00 e. The van der Waals surface area contributed by atoms with Gasteiger partial charge < -0.3 is 39.5 Å². The van der Waals surface area contributed by atoms with E-state index in [0.29, 0.717) is 0 Å². The molecule has 0 heterocycles. The maximum Gasteiger partial charge on any atom is 1.00 e. The van der Waals surface area contributed by atoms with E-state index >= 15 is 0 Å². The zero-order valence-electron chi connectivity index (χ0n) is 5.91. The van der Waals surface area contributed by atoms with Crippen LogP contribution < -0.4 is 184 Å². The molecule has 10 heteroatoms. The third kappa shape index (κ3) is 68.9. The van der Waals surface area contributed by atoms with Crippen molar-refractivity contribution in [3.8, 4) is 0 Å². The average molecular weight is 285 g/mol. The van der Waals surface area contributed by atoms with E-state index in [9.17, 15) is 0 Å². The van der Waals surface area contributed by atoms with E-state index in [2.05, 4.69) is 0 Å². The van der Waals surface area contributed by atoms with E-state index in [1.807, 2.05) is 0 Å². The van der Waals surface area contributed by atoms with E-state index in [1.54, 1.807) is 0 Å². The minimum Gasteiger partial charge on any atom is -1.00 e. The Hall–Kier alpha value is 5.60. The van der Waals surface area contributed by atoms with Gasteiger partial charge in [0, 0.05) is 0 Å². The minimum atomic E-state index is -4.89. The Bertz CT molecular complexity index is 64.6. The molecule has 0 atom stereocenters. The maximum atomic E-state index is 8.77. The molecule has 0 bridgehead atoms. The van der Waals surface area contributed by atoms with Crippen molar-refractivity contribution in [3.63, 3.8) is 0 Å². The van der Waals surface area contributed by atoms with Gasteiger partial charge in [-0.25, -0.2) is 0 Å². The largest absolute Gasteiger partial charge is 1.00 e. The Morgan fingerprint density at radius 3 is 1.00 bits per heavy atom. The van der Waals surface area contributed by atoms with Crippen LogP contribution in [0.15, 0.2) is 0 Å². The number of hydrogen-bond donors (Lipinski definition) is 2. The van der Waals surface area contributed by atoms with Crippen molar-refractivity contribution >= 4 is 7.82 Å². The maximum absolute atomic E-state index is 8.77. The van der Waals surface area contributed by atoms with Crippen LogP contribution in [0.3, 0.4) is 0 Å². The third-order valence-electron chi connectivity index (χ3n) is 0. The molecular weight excluding hydrogens is 283 g/mol. The average Bonchev–Trinajstić information content (AvgIpc) is 0.722. The van der Waals surface area contributed by atoms with E-state index < -0.39 is 7.82 Å². The van der Waals surface area contributed by atoms with Crippen LogP contribution in [0.5, 0.6) is 0 Å². The molecule has 0 aliphatic carbocycles. The predicted octanol–water partition coefficient (Wildman–Crippen LogP) is -16.5. The summed E-state index contributed by atoms with van der Waals surface area (Å²) in [6.45, 7) is 0. The normalized spacial score (nSPS) is 5.90. The van der Waals surface area contributed by atoms with Gasteiger partial charge in [-0.2, -0.15) is 0 Å². The van der Waals surface area contributed by atoms with Gasteiger partial charge in [-0.15, -0.1) is 0 Å². The van der Waals surface area contributed by atoms with Crippen molar-refractivity contribution in [2.24, 2.45) is 0 Å². The van der Waals surface area contributed by atoms with Crippen molar-refractivity contribution in [1.29, 1.82) is 0 Å². The van der Waals surface area contributed by atoms with Gasteiger partial charge in [0.1, 0.15) is 0 Å². The molecule has 48 valence electrons. The number of rotatable bonds is 0.